The molecule has 0 unspecified atom stereocenters. The first-order valence-corrected chi connectivity index (χ1v) is 3.40. The average Bonchev–Trinajstić information content (AvgIpc) is 1.90. The maximum absolute atomic E-state index is 8.48. The third-order valence-corrected chi connectivity index (χ3v) is 1.25. The van der Waals surface area contributed by atoms with E-state index in [1.54, 1.807) is 4.90 Å². The molecule has 6 heteroatoms. The van der Waals surface area contributed by atoms with Gasteiger partial charge < -0.3 is 27.7 Å². The number of hydrogen-bond donors (Lipinski definition) is 3. The van der Waals surface area contributed by atoms with Crippen LogP contribution in [-0.2, 0) is 0 Å². The van der Waals surface area contributed by atoms with Gasteiger partial charge in [0.2, 0.25) is 0 Å². The molecule has 4 nitrogen and oxygen atoms in total. The molecule has 0 aromatic carbocycles. The first-order chi connectivity index (χ1) is 4.85. The van der Waals surface area contributed by atoms with Gasteiger partial charge in [-0.3, -0.25) is 4.90 Å². The SMILES string of the molecule is OCCN(CCO)CCO.[Ca+2].[Cl-]. The fourth-order valence-corrected chi connectivity index (χ4v) is 0.760. The maximum Gasteiger partial charge on any atom is 2.00 e. The number of aliphatic hydroxyl groups excluding tert-OH is 3. The molecule has 0 aromatic heterocycles. The molecule has 0 aliphatic heterocycles. The van der Waals surface area contributed by atoms with Crippen molar-refractivity contribution in [2.45, 2.75) is 0 Å². The third-order valence-electron chi connectivity index (χ3n) is 1.25. The van der Waals surface area contributed by atoms with E-state index in [0.29, 0.717) is 19.6 Å². The Morgan fingerprint density at radius 3 is 1.17 bits per heavy atom. The van der Waals surface area contributed by atoms with Crippen LogP contribution in [0.3, 0.4) is 0 Å². The molecule has 0 aromatic rings. The molecule has 3 N–H and O–H groups in total. The van der Waals surface area contributed by atoms with E-state index in [1.165, 1.54) is 0 Å². The molecule has 0 atom stereocenters. The second kappa shape index (κ2) is 14.9. The first-order valence-electron chi connectivity index (χ1n) is 3.40. The van der Waals surface area contributed by atoms with Gasteiger partial charge >= 0.3 is 37.7 Å². The fourth-order valence-electron chi connectivity index (χ4n) is 0.760. The predicted molar refractivity (Wildman–Crippen MR) is 43.5 cm³/mol. The molecule has 0 bridgehead atoms. The van der Waals surface area contributed by atoms with Crippen LogP contribution >= 0.6 is 0 Å². The Balaban J connectivity index is -0.000000405. The average molecular weight is 225 g/mol. The zero-order valence-electron chi connectivity index (χ0n) is 7.12. The summed E-state index contributed by atoms with van der Waals surface area (Å²) in [4.78, 5) is 1.79. The van der Waals surface area contributed by atoms with Crippen molar-refractivity contribution in [3.63, 3.8) is 0 Å². The maximum atomic E-state index is 8.48. The fraction of sp³-hybridized carbons (Fsp3) is 1.00. The summed E-state index contributed by atoms with van der Waals surface area (Å²) in [5.41, 5.74) is 0. The van der Waals surface area contributed by atoms with Crippen LogP contribution in [0.25, 0.3) is 0 Å². The predicted octanol–water partition coefficient (Wildman–Crippen LogP) is -5.11. The minimum Gasteiger partial charge on any atom is -1.00 e. The van der Waals surface area contributed by atoms with Crippen LogP contribution in [0, 0.1) is 0 Å². The molecule has 0 heterocycles. The molecule has 0 rings (SSSR count). The van der Waals surface area contributed by atoms with Crippen LogP contribution in [0.5, 0.6) is 0 Å². The summed E-state index contributed by atoms with van der Waals surface area (Å²) in [6, 6.07) is 0. The monoisotopic (exact) mass is 224 g/mol. The summed E-state index contributed by atoms with van der Waals surface area (Å²) in [5, 5.41) is 25.5. The van der Waals surface area contributed by atoms with E-state index in [0.717, 1.165) is 0 Å². The second-order valence-electron chi connectivity index (χ2n) is 2.01. The van der Waals surface area contributed by atoms with Crippen LogP contribution in [0.4, 0.5) is 0 Å². The van der Waals surface area contributed by atoms with Gasteiger partial charge in [0.1, 0.15) is 0 Å². The van der Waals surface area contributed by atoms with E-state index in [4.69, 9.17) is 15.3 Å². The van der Waals surface area contributed by atoms with E-state index in [9.17, 15) is 0 Å². The van der Waals surface area contributed by atoms with Crippen LogP contribution in [0.2, 0.25) is 0 Å². The Morgan fingerprint density at radius 1 is 0.750 bits per heavy atom. The summed E-state index contributed by atoms with van der Waals surface area (Å²) >= 11 is 0. The zero-order valence-corrected chi connectivity index (χ0v) is 10.1. The minimum atomic E-state index is 0. The van der Waals surface area contributed by atoms with E-state index >= 15 is 0 Å². The Labute approximate surface area is 109 Å². The molecule has 0 radical (unpaired) electrons. The molecule has 0 spiro atoms. The molecule has 0 fully saturated rings. The summed E-state index contributed by atoms with van der Waals surface area (Å²) in [7, 11) is 0. The zero-order chi connectivity index (χ0) is 7.82. The number of nitrogens with zero attached hydrogens (tertiary/aromatic N) is 1. The third kappa shape index (κ3) is 11.4. The molecule has 0 aliphatic carbocycles. The Morgan fingerprint density at radius 2 is 1.00 bits per heavy atom. The summed E-state index contributed by atoms with van der Waals surface area (Å²) in [6.45, 7) is 1.75. The van der Waals surface area contributed by atoms with Gasteiger partial charge in [0.05, 0.1) is 19.8 Å². The molecule has 70 valence electrons. The standard InChI is InChI=1S/C6H15NO3.Ca.ClH/c8-4-1-7(2-5-9)3-6-10;;/h8-10H,1-6H2;;1H/q;+2;/p-1. The minimum absolute atomic E-state index is 0. The van der Waals surface area contributed by atoms with Gasteiger partial charge in [0.15, 0.2) is 0 Å². The van der Waals surface area contributed by atoms with E-state index < -0.39 is 0 Å². The summed E-state index contributed by atoms with van der Waals surface area (Å²) in [6.07, 6.45) is 0. The van der Waals surface area contributed by atoms with Gasteiger partial charge in [0, 0.05) is 19.6 Å². The van der Waals surface area contributed by atoms with E-state index in [1.807, 2.05) is 0 Å². The molecular formula is C6H15CaClNO3+. The van der Waals surface area contributed by atoms with Gasteiger partial charge in [-0.25, -0.2) is 0 Å². The van der Waals surface area contributed by atoms with Crippen LogP contribution in [-0.4, -0.2) is 97.4 Å². The number of rotatable bonds is 6. The topological polar surface area (TPSA) is 63.9 Å². The Hall–Kier alpha value is 1.39. The van der Waals surface area contributed by atoms with Crippen molar-refractivity contribution in [1.29, 1.82) is 0 Å². The largest absolute Gasteiger partial charge is 2.00 e. The van der Waals surface area contributed by atoms with Crippen molar-refractivity contribution < 1.29 is 27.7 Å². The normalized spacial score (nSPS) is 9.00. The van der Waals surface area contributed by atoms with E-state index in [-0.39, 0.29) is 70.0 Å². The van der Waals surface area contributed by atoms with Crippen molar-refractivity contribution >= 4 is 37.7 Å². The van der Waals surface area contributed by atoms with Gasteiger partial charge in [-0.1, -0.05) is 0 Å². The van der Waals surface area contributed by atoms with Crippen molar-refractivity contribution in [1.82, 2.24) is 4.90 Å². The van der Waals surface area contributed by atoms with Crippen molar-refractivity contribution in [3.05, 3.63) is 0 Å². The van der Waals surface area contributed by atoms with Gasteiger partial charge in [-0.05, 0) is 0 Å². The van der Waals surface area contributed by atoms with Gasteiger partial charge in [0.25, 0.3) is 0 Å². The van der Waals surface area contributed by atoms with Gasteiger partial charge in [-0.15, -0.1) is 0 Å². The Bertz CT molecular complexity index is 65.5. The van der Waals surface area contributed by atoms with Crippen LogP contribution in [0.15, 0.2) is 0 Å². The number of hydrogen-bond acceptors (Lipinski definition) is 4. The smallest absolute Gasteiger partial charge is 1.00 e. The van der Waals surface area contributed by atoms with Crippen LogP contribution in [0.1, 0.15) is 0 Å². The first kappa shape index (κ1) is 19.0. The van der Waals surface area contributed by atoms with Crippen molar-refractivity contribution in [3.8, 4) is 0 Å². The molecular weight excluding hydrogens is 210 g/mol. The molecule has 12 heavy (non-hydrogen) atoms. The number of aliphatic hydroxyl groups is 3. The second-order valence-corrected chi connectivity index (χ2v) is 2.01. The van der Waals surface area contributed by atoms with Gasteiger partial charge in [-0.2, -0.15) is 0 Å². The Kier molecular flexibility index (Phi) is 23.6. The molecule has 0 saturated heterocycles. The molecule has 0 aliphatic rings. The quantitative estimate of drug-likeness (QED) is 0.395. The van der Waals surface area contributed by atoms with Crippen molar-refractivity contribution in [2.75, 3.05) is 39.5 Å². The summed E-state index contributed by atoms with van der Waals surface area (Å²) in [5.74, 6) is 0. The van der Waals surface area contributed by atoms with Crippen molar-refractivity contribution in [2.24, 2.45) is 0 Å². The molecule has 0 amide bonds. The number of halogens is 1. The van der Waals surface area contributed by atoms with E-state index in [2.05, 4.69) is 0 Å². The summed E-state index contributed by atoms with van der Waals surface area (Å²) < 4.78 is 0. The van der Waals surface area contributed by atoms with Crippen LogP contribution < -0.4 is 12.4 Å². The molecule has 0 saturated carbocycles.